The number of amides is 3. The van der Waals surface area contributed by atoms with Crippen molar-refractivity contribution in [2.75, 3.05) is 0 Å². The van der Waals surface area contributed by atoms with Crippen LogP contribution in [0.4, 0.5) is 5.69 Å². The number of non-ortho nitro benzene ring substituents is 1. The van der Waals surface area contributed by atoms with Gasteiger partial charge in [-0.15, -0.1) is 0 Å². The maximum absolute atomic E-state index is 13.7. The van der Waals surface area contributed by atoms with E-state index in [0.29, 0.717) is 18.4 Å². The summed E-state index contributed by atoms with van der Waals surface area (Å²) in [5, 5.41) is 12.7. The molecule has 1 aliphatic heterocycles. The number of hydrazine groups is 1. The van der Waals surface area contributed by atoms with Crippen LogP contribution in [0.1, 0.15) is 40.5 Å². The topological polar surface area (TPSA) is 118 Å². The van der Waals surface area contributed by atoms with Crippen LogP contribution in [0.3, 0.4) is 0 Å². The summed E-state index contributed by atoms with van der Waals surface area (Å²) < 4.78 is 0. The number of alkyl halides is 2. The number of fused-ring (bicyclic) bond motifs is 1. The van der Waals surface area contributed by atoms with Crippen molar-refractivity contribution in [2.45, 2.75) is 35.5 Å². The number of rotatable bonds is 6. The minimum atomic E-state index is -1.19. The molecule has 3 amide bonds. The molecular formula is C24H21Br2N3O6. The average molecular weight is 607 g/mol. The molecule has 0 bridgehead atoms. The molecule has 1 heterocycles. The molecule has 0 N–H and O–H groups in total. The first-order valence-corrected chi connectivity index (χ1v) is 12.8. The maximum atomic E-state index is 13.7. The Labute approximate surface area is 217 Å². The standard InChI is InChI=1S/C24H21Br2N3O6/c1-13(21(30)14-5-3-2-4-6-14)27(22(31)15-7-9-16(10-8-15)29(34)35)28-23(32)17-11-19(25)20(26)12-18(17)24(28)33/h2-10,13,17-20H,11-12H2,1H3/t13-,17-,18+,19+,20-/m1/s1. The number of hydrogen-bond acceptors (Lipinski definition) is 6. The van der Waals surface area contributed by atoms with Crippen molar-refractivity contribution in [3.63, 3.8) is 0 Å². The molecule has 0 spiro atoms. The Morgan fingerprint density at radius 2 is 1.46 bits per heavy atom. The van der Waals surface area contributed by atoms with E-state index in [0.717, 1.165) is 22.2 Å². The van der Waals surface area contributed by atoms with Crippen LogP contribution in [0.5, 0.6) is 0 Å². The van der Waals surface area contributed by atoms with E-state index in [1.165, 1.54) is 19.1 Å². The lowest BCUT2D eigenvalue weighted by Gasteiger charge is -2.34. The Bertz CT molecular complexity index is 1160. The van der Waals surface area contributed by atoms with Crippen LogP contribution in [0, 0.1) is 22.0 Å². The molecule has 2 fully saturated rings. The molecule has 35 heavy (non-hydrogen) atoms. The van der Waals surface area contributed by atoms with Crippen molar-refractivity contribution in [1.29, 1.82) is 0 Å². The number of halogens is 2. The normalized spacial score (nSPS) is 24.6. The highest BCUT2D eigenvalue weighted by Gasteiger charge is 2.55. The van der Waals surface area contributed by atoms with Crippen molar-refractivity contribution in [2.24, 2.45) is 11.8 Å². The predicted molar refractivity (Wildman–Crippen MR) is 133 cm³/mol. The molecule has 1 saturated carbocycles. The predicted octanol–water partition coefficient (Wildman–Crippen LogP) is 4.15. The summed E-state index contributed by atoms with van der Waals surface area (Å²) in [4.78, 5) is 64.3. The number of benzene rings is 2. The molecule has 2 aromatic rings. The highest BCUT2D eigenvalue weighted by molar-refractivity contribution is 9.12. The van der Waals surface area contributed by atoms with Gasteiger partial charge in [0.15, 0.2) is 5.78 Å². The molecule has 1 saturated heterocycles. The number of Topliss-reactive ketones (excluding diaryl/α,β-unsaturated/α-hetero) is 1. The molecular weight excluding hydrogens is 586 g/mol. The summed E-state index contributed by atoms with van der Waals surface area (Å²) in [6.07, 6.45) is 0.810. The molecule has 2 aromatic carbocycles. The van der Waals surface area contributed by atoms with Gasteiger partial charge in [-0.25, -0.2) is 5.01 Å². The fourth-order valence-electron chi connectivity index (χ4n) is 4.54. The zero-order chi connectivity index (χ0) is 25.4. The SMILES string of the molecule is C[C@H](C(=O)c1ccccc1)N(C(=O)c1ccc([N+](=O)[O-])cc1)N1C(=O)[C@H]2C[C@@H](Br)[C@@H](Br)C[C@H]2C1=O. The van der Waals surface area contributed by atoms with Crippen LogP contribution < -0.4 is 0 Å². The molecule has 0 aromatic heterocycles. The summed E-state index contributed by atoms with van der Waals surface area (Å²) in [5.41, 5.74) is 0.113. The van der Waals surface area contributed by atoms with Crippen molar-refractivity contribution >= 4 is 61.1 Å². The number of imide groups is 1. The Kier molecular flexibility index (Phi) is 7.18. The first-order valence-electron chi connectivity index (χ1n) is 10.9. The first kappa shape index (κ1) is 25.2. The highest BCUT2D eigenvalue weighted by Crippen LogP contribution is 2.44. The summed E-state index contributed by atoms with van der Waals surface area (Å²) >= 11 is 7.09. The summed E-state index contributed by atoms with van der Waals surface area (Å²) in [6.45, 7) is 1.46. The minimum absolute atomic E-state index is 0.00974. The van der Waals surface area contributed by atoms with Gasteiger partial charge in [0, 0.05) is 32.9 Å². The van der Waals surface area contributed by atoms with Crippen LogP contribution in [0.15, 0.2) is 54.6 Å². The van der Waals surface area contributed by atoms with Gasteiger partial charge in [-0.1, -0.05) is 62.2 Å². The zero-order valence-corrected chi connectivity index (χ0v) is 21.7. The van der Waals surface area contributed by atoms with E-state index in [2.05, 4.69) is 31.9 Å². The molecule has 5 atom stereocenters. The van der Waals surface area contributed by atoms with Crippen molar-refractivity contribution in [3.05, 3.63) is 75.8 Å². The van der Waals surface area contributed by atoms with E-state index in [1.807, 2.05) is 0 Å². The van der Waals surface area contributed by atoms with Crippen LogP contribution >= 0.6 is 31.9 Å². The first-order chi connectivity index (χ1) is 16.6. The van der Waals surface area contributed by atoms with Gasteiger partial charge in [0.05, 0.1) is 16.8 Å². The van der Waals surface area contributed by atoms with Crippen LogP contribution in [0.2, 0.25) is 0 Å². The molecule has 11 heteroatoms. The monoisotopic (exact) mass is 605 g/mol. The maximum Gasteiger partial charge on any atom is 0.273 e. The van der Waals surface area contributed by atoms with Crippen molar-refractivity contribution in [3.8, 4) is 0 Å². The third-order valence-corrected chi connectivity index (χ3v) is 9.17. The van der Waals surface area contributed by atoms with Gasteiger partial charge in [0.1, 0.15) is 6.04 Å². The van der Waals surface area contributed by atoms with Gasteiger partial charge in [-0.05, 0) is 31.9 Å². The Hall–Kier alpha value is -2.92. The average Bonchev–Trinajstić information content (AvgIpc) is 3.08. The van der Waals surface area contributed by atoms with Gasteiger partial charge in [-0.2, -0.15) is 5.01 Å². The Morgan fingerprint density at radius 1 is 0.943 bits per heavy atom. The molecule has 0 radical (unpaired) electrons. The number of carbonyl (C=O) groups excluding carboxylic acids is 4. The third kappa shape index (κ3) is 4.66. The molecule has 0 unspecified atom stereocenters. The summed E-state index contributed by atoms with van der Waals surface area (Å²) in [5.74, 6) is -3.53. The quantitative estimate of drug-likeness (QED) is 0.160. The van der Waals surface area contributed by atoms with Gasteiger partial charge >= 0.3 is 0 Å². The molecule has 2 aliphatic rings. The van der Waals surface area contributed by atoms with Gasteiger partial charge in [-0.3, -0.25) is 29.3 Å². The Morgan fingerprint density at radius 3 is 1.94 bits per heavy atom. The largest absolute Gasteiger partial charge is 0.292 e. The molecule has 4 rings (SSSR count). The van der Waals surface area contributed by atoms with Gasteiger partial charge < -0.3 is 0 Å². The van der Waals surface area contributed by atoms with Crippen LogP contribution in [0.25, 0.3) is 0 Å². The van der Waals surface area contributed by atoms with Crippen LogP contribution in [-0.4, -0.2) is 54.1 Å². The second-order valence-corrected chi connectivity index (χ2v) is 10.9. The molecule has 182 valence electrons. The zero-order valence-electron chi connectivity index (χ0n) is 18.5. The lowest BCUT2D eigenvalue weighted by Crippen LogP contribution is -2.56. The lowest BCUT2D eigenvalue weighted by molar-refractivity contribution is -0.384. The number of hydrogen-bond donors (Lipinski definition) is 0. The van der Waals surface area contributed by atoms with Crippen LogP contribution in [-0.2, 0) is 9.59 Å². The number of ketones is 1. The molecule has 9 nitrogen and oxygen atoms in total. The minimum Gasteiger partial charge on any atom is -0.292 e. The van der Waals surface area contributed by atoms with E-state index in [4.69, 9.17) is 0 Å². The van der Waals surface area contributed by atoms with E-state index < -0.39 is 46.3 Å². The smallest absolute Gasteiger partial charge is 0.273 e. The number of nitrogens with zero attached hydrogens (tertiary/aromatic N) is 3. The fourth-order valence-corrected chi connectivity index (χ4v) is 5.78. The number of nitro groups is 1. The summed E-state index contributed by atoms with van der Waals surface area (Å²) in [6, 6.07) is 11.9. The van der Waals surface area contributed by atoms with E-state index in [-0.39, 0.29) is 20.9 Å². The second-order valence-electron chi connectivity index (χ2n) is 8.56. The Balaban J connectivity index is 1.74. The van der Waals surface area contributed by atoms with Gasteiger partial charge in [0.25, 0.3) is 23.4 Å². The summed E-state index contributed by atoms with van der Waals surface area (Å²) in [7, 11) is 0. The fraction of sp³-hybridized carbons (Fsp3) is 0.333. The molecule has 1 aliphatic carbocycles. The van der Waals surface area contributed by atoms with Crippen molar-refractivity contribution < 1.29 is 24.1 Å². The van der Waals surface area contributed by atoms with E-state index in [9.17, 15) is 29.3 Å². The van der Waals surface area contributed by atoms with Crippen molar-refractivity contribution in [1.82, 2.24) is 10.0 Å². The lowest BCUT2D eigenvalue weighted by atomic mass is 9.81. The van der Waals surface area contributed by atoms with E-state index in [1.54, 1.807) is 30.3 Å². The second kappa shape index (κ2) is 9.98. The van der Waals surface area contributed by atoms with E-state index >= 15 is 0 Å². The number of carbonyl (C=O) groups is 4. The van der Waals surface area contributed by atoms with Gasteiger partial charge in [0.2, 0.25) is 0 Å². The highest BCUT2D eigenvalue weighted by atomic mass is 79.9. The number of nitro benzene ring substituents is 1. The third-order valence-electron chi connectivity index (χ3n) is 6.44.